The fraction of sp³-hybridized carbons (Fsp3) is 0. The number of hydrogen-bond donors (Lipinski definition) is 2. The van der Waals surface area contributed by atoms with Gasteiger partial charge in [0.15, 0.2) is 0 Å². The van der Waals surface area contributed by atoms with E-state index in [4.69, 9.17) is 33.4 Å². The number of rotatable bonds is 1. The molecule has 0 atom stereocenters. The second-order valence-corrected chi connectivity index (χ2v) is 2.87. The summed E-state index contributed by atoms with van der Waals surface area (Å²) in [5, 5.41) is 17.7. The summed E-state index contributed by atoms with van der Waals surface area (Å²) in [6.45, 7) is 0. The van der Waals surface area contributed by atoms with Crippen LogP contribution in [0.1, 0.15) is 11.8 Å². The Kier molecular flexibility index (Phi) is 5.86. The molecule has 13 heavy (non-hydrogen) atoms. The van der Waals surface area contributed by atoms with Crippen LogP contribution in [0.2, 0.25) is 10.0 Å². The predicted molar refractivity (Wildman–Crippen MR) is 46.2 cm³/mol. The molecule has 0 saturated carbocycles. The Labute approximate surface area is 129 Å². The summed E-state index contributed by atoms with van der Waals surface area (Å²) in [6.07, 6.45) is 0. The average Bonchev–Trinajstić information content (AvgIpc) is 1.97. The van der Waals surface area contributed by atoms with Gasteiger partial charge in [-0.15, -0.1) is 0 Å². The minimum absolute atomic E-state index is 0. The van der Waals surface area contributed by atoms with Crippen molar-refractivity contribution in [2.75, 3.05) is 0 Å². The maximum Gasteiger partial charge on any atom is 1.00 e. The predicted octanol–water partition coefficient (Wildman–Crippen LogP) is -0.486. The summed E-state index contributed by atoms with van der Waals surface area (Å²) in [4.78, 5) is 10.5. The Hall–Kier alpha value is 0.706. The monoisotopic (exact) mass is 246 g/mol. The number of hydrogen-bond acceptors (Lipinski definition) is 2. The molecule has 3 nitrogen and oxygen atoms in total. The zero-order valence-electron chi connectivity index (χ0n) is 7.71. The summed E-state index contributed by atoms with van der Waals surface area (Å²) in [7, 11) is 0. The molecule has 1 rings (SSSR count). The average molecular weight is 247 g/mol. The first-order chi connectivity index (χ1) is 5.54. The number of carbonyl (C=O) groups is 1. The Morgan fingerprint density at radius 1 is 1.31 bits per heavy atom. The van der Waals surface area contributed by atoms with Crippen LogP contribution in [0.4, 0.5) is 0 Å². The number of benzene rings is 1. The minimum Gasteiger partial charge on any atom is -1.00 e. The Balaban J connectivity index is 0. The fourth-order valence-electron chi connectivity index (χ4n) is 0.745. The van der Waals surface area contributed by atoms with E-state index in [1.165, 1.54) is 12.1 Å². The van der Waals surface area contributed by atoms with E-state index in [1.807, 2.05) is 0 Å². The molecule has 0 amide bonds. The molecule has 0 bridgehead atoms. The quantitative estimate of drug-likeness (QED) is 0.659. The normalized spacial score (nSPS) is 9.08. The standard InChI is InChI=1S/C7H4Cl2O3.K.H/c8-3-1-2-4(9)6(10)5(3)7(11)12;;/h1-2,10H,(H,11,12);;/q;+1;-1. The molecule has 0 spiro atoms. The number of carboxylic acid groups (broad SMARTS) is 1. The summed E-state index contributed by atoms with van der Waals surface area (Å²) in [6, 6.07) is 2.64. The zero-order valence-corrected chi connectivity index (χ0v) is 11.3. The van der Waals surface area contributed by atoms with E-state index in [1.54, 1.807) is 0 Å². The van der Waals surface area contributed by atoms with Crippen molar-refractivity contribution in [1.82, 2.24) is 0 Å². The van der Waals surface area contributed by atoms with Crippen molar-refractivity contribution in [2.45, 2.75) is 0 Å². The molecule has 6 heteroatoms. The van der Waals surface area contributed by atoms with Gasteiger partial charge in [-0.2, -0.15) is 0 Å². The molecule has 0 aliphatic heterocycles. The number of halogens is 2. The number of carboxylic acids is 1. The van der Waals surface area contributed by atoms with Crippen LogP contribution in [0.25, 0.3) is 0 Å². The molecule has 1 aromatic carbocycles. The van der Waals surface area contributed by atoms with E-state index in [0.717, 1.165) is 0 Å². The maximum absolute atomic E-state index is 10.5. The van der Waals surface area contributed by atoms with Gasteiger partial charge in [0.2, 0.25) is 0 Å². The summed E-state index contributed by atoms with van der Waals surface area (Å²) < 4.78 is 0. The third-order valence-corrected chi connectivity index (χ3v) is 1.91. The van der Waals surface area contributed by atoms with Gasteiger partial charge in [0.1, 0.15) is 11.3 Å². The molecule has 0 aromatic heterocycles. The van der Waals surface area contributed by atoms with E-state index in [9.17, 15) is 4.79 Å². The van der Waals surface area contributed by atoms with Crippen LogP contribution in [-0.4, -0.2) is 16.2 Å². The third-order valence-electron chi connectivity index (χ3n) is 1.29. The van der Waals surface area contributed by atoms with Gasteiger partial charge < -0.3 is 11.6 Å². The first-order valence-electron chi connectivity index (χ1n) is 2.94. The third kappa shape index (κ3) is 3.09. The molecular formula is C7H5Cl2KO3. The molecule has 0 heterocycles. The van der Waals surface area contributed by atoms with Crippen LogP contribution in [0.3, 0.4) is 0 Å². The van der Waals surface area contributed by atoms with E-state index in [0.29, 0.717) is 0 Å². The van der Waals surface area contributed by atoms with Gasteiger partial charge in [-0.3, -0.25) is 0 Å². The minimum atomic E-state index is -1.31. The number of aromatic carboxylic acids is 1. The molecule has 0 unspecified atom stereocenters. The topological polar surface area (TPSA) is 57.5 Å². The van der Waals surface area contributed by atoms with Gasteiger partial charge in [0.05, 0.1) is 10.0 Å². The molecule has 0 aliphatic rings. The van der Waals surface area contributed by atoms with Gasteiger partial charge in [0.25, 0.3) is 0 Å². The Bertz CT molecular complexity index is 346. The first kappa shape index (κ1) is 13.7. The first-order valence-corrected chi connectivity index (χ1v) is 3.70. The molecule has 66 valence electrons. The van der Waals surface area contributed by atoms with Crippen LogP contribution < -0.4 is 51.4 Å². The Morgan fingerprint density at radius 3 is 2.15 bits per heavy atom. The van der Waals surface area contributed by atoms with Crippen molar-refractivity contribution in [3.63, 3.8) is 0 Å². The molecule has 0 fully saturated rings. The van der Waals surface area contributed by atoms with E-state index < -0.39 is 11.7 Å². The van der Waals surface area contributed by atoms with Crippen molar-refractivity contribution in [2.24, 2.45) is 0 Å². The van der Waals surface area contributed by atoms with Crippen LogP contribution in [0.5, 0.6) is 5.75 Å². The van der Waals surface area contributed by atoms with Crippen LogP contribution in [-0.2, 0) is 0 Å². The van der Waals surface area contributed by atoms with Crippen molar-refractivity contribution < 1.29 is 67.8 Å². The Morgan fingerprint density at radius 2 is 1.77 bits per heavy atom. The van der Waals surface area contributed by atoms with Gasteiger partial charge in [-0.1, -0.05) is 23.2 Å². The van der Waals surface area contributed by atoms with E-state index >= 15 is 0 Å². The van der Waals surface area contributed by atoms with Crippen molar-refractivity contribution in [3.05, 3.63) is 27.7 Å². The molecular weight excluding hydrogens is 242 g/mol. The molecule has 0 saturated heterocycles. The van der Waals surface area contributed by atoms with Crippen molar-refractivity contribution >= 4 is 29.2 Å². The summed E-state index contributed by atoms with van der Waals surface area (Å²) in [5.74, 6) is -1.81. The van der Waals surface area contributed by atoms with Crippen molar-refractivity contribution in [1.29, 1.82) is 0 Å². The smallest absolute Gasteiger partial charge is 1.00 e. The second-order valence-electron chi connectivity index (χ2n) is 2.06. The van der Waals surface area contributed by atoms with Gasteiger partial charge in [-0.05, 0) is 12.1 Å². The number of aromatic hydroxyl groups is 1. The van der Waals surface area contributed by atoms with E-state index in [2.05, 4.69) is 0 Å². The van der Waals surface area contributed by atoms with Crippen molar-refractivity contribution in [3.8, 4) is 5.75 Å². The SMILES string of the molecule is O=C(O)c1c(Cl)ccc(Cl)c1O.[H-].[K+]. The van der Waals surface area contributed by atoms with Gasteiger partial charge in [0, 0.05) is 0 Å². The van der Waals surface area contributed by atoms with Crippen LogP contribution in [0, 0.1) is 0 Å². The molecule has 1 aromatic rings. The largest absolute Gasteiger partial charge is 1.00 e. The maximum atomic E-state index is 10.5. The van der Waals surface area contributed by atoms with Gasteiger partial charge in [-0.25, -0.2) is 4.79 Å². The summed E-state index contributed by atoms with van der Waals surface area (Å²) in [5.41, 5.74) is -0.371. The van der Waals surface area contributed by atoms with E-state index in [-0.39, 0.29) is 68.4 Å². The molecule has 0 radical (unpaired) electrons. The molecule has 0 aliphatic carbocycles. The zero-order chi connectivity index (χ0) is 9.30. The molecule has 2 N–H and O–H groups in total. The van der Waals surface area contributed by atoms with Gasteiger partial charge >= 0.3 is 57.4 Å². The number of phenols is 1. The van der Waals surface area contributed by atoms with Crippen LogP contribution >= 0.6 is 23.2 Å². The second kappa shape index (κ2) is 5.55. The fourth-order valence-corrected chi connectivity index (χ4v) is 1.14. The van der Waals surface area contributed by atoms with Crippen LogP contribution in [0.15, 0.2) is 12.1 Å². The summed E-state index contributed by atoms with van der Waals surface area (Å²) >= 11 is 11.0.